The van der Waals surface area contributed by atoms with E-state index in [-0.39, 0.29) is 11.4 Å². The first-order valence-electron chi connectivity index (χ1n) is 8.60. The summed E-state index contributed by atoms with van der Waals surface area (Å²) >= 11 is 0. The Labute approximate surface area is 162 Å². The Morgan fingerprint density at radius 3 is 2.50 bits per heavy atom. The molecule has 2 aromatic carbocycles. The molecule has 0 fully saturated rings. The van der Waals surface area contributed by atoms with Gasteiger partial charge in [-0.25, -0.2) is 0 Å². The standard InChI is InChI=1S/C20H22N2O6/c1-4-11-28-17-9-5-14(12-19(17)27-3)6-10-20(23)21-16-8-7-15(22(24)25)13-18(16)26-2/h5-10,12-13H,4,11H2,1-3H3,(H,21,23)/b10-6+. The van der Waals surface area contributed by atoms with Gasteiger partial charge < -0.3 is 19.5 Å². The Bertz CT molecular complexity index is 879. The van der Waals surface area contributed by atoms with Crippen LogP contribution in [0.5, 0.6) is 17.2 Å². The van der Waals surface area contributed by atoms with Crippen LogP contribution in [0.4, 0.5) is 11.4 Å². The Hall–Kier alpha value is -3.55. The van der Waals surface area contributed by atoms with Crippen molar-refractivity contribution in [1.82, 2.24) is 0 Å². The summed E-state index contributed by atoms with van der Waals surface area (Å²) in [5.41, 5.74) is 0.970. The van der Waals surface area contributed by atoms with Gasteiger partial charge in [-0.1, -0.05) is 13.0 Å². The first-order chi connectivity index (χ1) is 13.5. The van der Waals surface area contributed by atoms with E-state index in [1.165, 1.54) is 31.4 Å². The van der Waals surface area contributed by atoms with E-state index in [2.05, 4.69) is 5.32 Å². The highest BCUT2D eigenvalue weighted by atomic mass is 16.6. The van der Waals surface area contributed by atoms with Crippen LogP contribution >= 0.6 is 0 Å². The third-order valence-electron chi connectivity index (χ3n) is 3.73. The number of amides is 1. The fraction of sp³-hybridized carbons (Fsp3) is 0.250. The van der Waals surface area contributed by atoms with Crippen molar-refractivity contribution >= 4 is 23.4 Å². The number of hydrogen-bond acceptors (Lipinski definition) is 6. The highest BCUT2D eigenvalue weighted by molar-refractivity contribution is 6.02. The molecule has 28 heavy (non-hydrogen) atoms. The van der Waals surface area contributed by atoms with Crippen molar-refractivity contribution in [3.05, 3.63) is 58.2 Å². The maximum absolute atomic E-state index is 12.2. The number of carbonyl (C=O) groups is 1. The SMILES string of the molecule is CCCOc1ccc(/C=C/C(=O)Nc2ccc([N+](=O)[O-])cc2OC)cc1OC. The molecule has 8 heteroatoms. The molecule has 0 radical (unpaired) electrons. The Balaban J connectivity index is 2.10. The summed E-state index contributed by atoms with van der Waals surface area (Å²) in [7, 11) is 2.92. The molecular weight excluding hydrogens is 364 g/mol. The van der Waals surface area contributed by atoms with E-state index in [1.54, 1.807) is 25.3 Å². The van der Waals surface area contributed by atoms with Gasteiger partial charge >= 0.3 is 0 Å². The van der Waals surface area contributed by atoms with Gasteiger partial charge in [0, 0.05) is 12.1 Å². The lowest BCUT2D eigenvalue weighted by Gasteiger charge is -2.10. The second kappa shape index (κ2) is 9.96. The third-order valence-corrected chi connectivity index (χ3v) is 3.73. The number of ether oxygens (including phenoxy) is 3. The van der Waals surface area contributed by atoms with Crippen molar-refractivity contribution in [2.75, 3.05) is 26.1 Å². The van der Waals surface area contributed by atoms with Gasteiger partial charge in [-0.15, -0.1) is 0 Å². The van der Waals surface area contributed by atoms with E-state index in [0.717, 1.165) is 12.0 Å². The Morgan fingerprint density at radius 2 is 1.86 bits per heavy atom. The second-order valence-corrected chi connectivity index (χ2v) is 5.72. The molecule has 0 atom stereocenters. The van der Waals surface area contributed by atoms with Crippen molar-refractivity contribution in [3.63, 3.8) is 0 Å². The van der Waals surface area contributed by atoms with E-state index in [1.807, 2.05) is 13.0 Å². The van der Waals surface area contributed by atoms with Gasteiger partial charge in [-0.05, 0) is 36.3 Å². The quantitative estimate of drug-likeness (QED) is 0.396. The molecule has 1 N–H and O–H groups in total. The fourth-order valence-electron chi connectivity index (χ4n) is 2.36. The molecule has 8 nitrogen and oxygen atoms in total. The molecule has 0 bridgehead atoms. The van der Waals surface area contributed by atoms with Gasteiger partial charge in [0.2, 0.25) is 5.91 Å². The molecule has 0 aliphatic heterocycles. The number of non-ortho nitro benzene ring substituents is 1. The van der Waals surface area contributed by atoms with E-state index in [9.17, 15) is 14.9 Å². The molecule has 0 saturated heterocycles. The smallest absolute Gasteiger partial charge is 0.273 e. The van der Waals surface area contributed by atoms with Crippen LogP contribution in [0, 0.1) is 10.1 Å². The van der Waals surface area contributed by atoms with Crippen LogP contribution in [0.25, 0.3) is 6.08 Å². The summed E-state index contributed by atoms with van der Waals surface area (Å²) in [6, 6.07) is 9.32. The summed E-state index contributed by atoms with van der Waals surface area (Å²) < 4.78 is 16.0. The maximum atomic E-state index is 12.2. The second-order valence-electron chi connectivity index (χ2n) is 5.72. The number of hydrogen-bond donors (Lipinski definition) is 1. The Morgan fingerprint density at radius 1 is 1.11 bits per heavy atom. The van der Waals surface area contributed by atoms with Crippen LogP contribution < -0.4 is 19.5 Å². The minimum Gasteiger partial charge on any atom is -0.494 e. The molecule has 2 aromatic rings. The molecular formula is C20H22N2O6. The lowest BCUT2D eigenvalue weighted by molar-refractivity contribution is -0.384. The van der Waals surface area contributed by atoms with E-state index in [0.29, 0.717) is 23.8 Å². The fourth-order valence-corrected chi connectivity index (χ4v) is 2.36. The van der Waals surface area contributed by atoms with Crippen molar-refractivity contribution in [2.24, 2.45) is 0 Å². The minimum absolute atomic E-state index is 0.122. The topological polar surface area (TPSA) is 99.9 Å². The van der Waals surface area contributed by atoms with Crippen molar-refractivity contribution < 1.29 is 23.9 Å². The summed E-state index contributed by atoms with van der Waals surface area (Å²) in [5.74, 6) is 1.02. The summed E-state index contributed by atoms with van der Waals surface area (Å²) in [6.45, 7) is 2.60. The van der Waals surface area contributed by atoms with Gasteiger partial charge in [-0.3, -0.25) is 14.9 Å². The molecule has 0 heterocycles. The first-order valence-corrected chi connectivity index (χ1v) is 8.60. The number of benzene rings is 2. The number of nitro benzene ring substituents is 1. The number of nitrogens with zero attached hydrogens (tertiary/aromatic N) is 1. The lowest BCUT2D eigenvalue weighted by atomic mass is 10.2. The Kier molecular flexibility index (Phi) is 7.38. The van der Waals surface area contributed by atoms with Crippen molar-refractivity contribution in [2.45, 2.75) is 13.3 Å². The molecule has 148 valence electrons. The van der Waals surface area contributed by atoms with Gasteiger partial charge in [0.15, 0.2) is 11.5 Å². The summed E-state index contributed by atoms with van der Waals surface area (Å²) in [4.78, 5) is 22.5. The van der Waals surface area contributed by atoms with E-state index in [4.69, 9.17) is 14.2 Å². The van der Waals surface area contributed by atoms with Crippen LogP contribution in [-0.2, 0) is 4.79 Å². The van der Waals surface area contributed by atoms with E-state index < -0.39 is 10.8 Å². The summed E-state index contributed by atoms with van der Waals surface area (Å²) in [6.07, 6.45) is 3.86. The lowest BCUT2D eigenvalue weighted by Crippen LogP contribution is -2.09. The number of nitro groups is 1. The first kappa shape index (κ1) is 20.8. The zero-order valence-electron chi connectivity index (χ0n) is 15.9. The highest BCUT2D eigenvalue weighted by Gasteiger charge is 2.12. The molecule has 0 aromatic heterocycles. The molecule has 0 unspecified atom stereocenters. The number of nitrogens with one attached hydrogen (secondary N) is 1. The zero-order valence-corrected chi connectivity index (χ0v) is 15.9. The number of anilines is 1. The largest absolute Gasteiger partial charge is 0.494 e. The number of carbonyl (C=O) groups excluding carboxylic acids is 1. The number of methoxy groups -OCH3 is 2. The van der Waals surface area contributed by atoms with Crippen molar-refractivity contribution in [3.8, 4) is 17.2 Å². The van der Waals surface area contributed by atoms with Crippen LogP contribution in [-0.4, -0.2) is 31.7 Å². The van der Waals surface area contributed by atoms with Crippen LogP contribution in [0.3, 0.4) is 0 Å². The number of rotatable bonds is 9. The molecule has 0 aliphatic rings. The minimum atomic E-state index is -0.532. The molecule has 0 spiro atoms. The van der Waals surface area contributed by atoms with Crippen LogP contribution in [0.2, 0.25) is 0 Å². The van der Waals surface area contributed by atoms with Crippen LogP contribution in [0.1, 0.15) is 18.9 Å². The van der Waals surface area contributed by atoms with Crippen molar-refractivity contribution in [1.29, 1.82) is 0 Å². The van der Waals surface area contributed by atoms with Gasteiger partial charge in [0.05, 0.1) is 37.5 Å². The average Bonchev–Trinajstić information content (AvgIpc) is 2.71. The van der Waals surface area contributed by atoms with Gasteiger partial charge in [-0.2, -0.15) is 0 Å². The predicted octanol–water partition coefficient (Wildman–Crippen LogP) is 4.05. The van der Waals surface area contributed by atoms with Gasteiger partial charge in [0.1, 0.15) is 5.75 Å². The zero-order chi connectivity index (χ0) is 20.5. The van der Waals surface area contributed by atoms with Crippen LogP contribution in [0.15, 0.2) is 42.5 Å². The third kappa shape index (κ3) is 5.47. The summed E-state index contributed by atoms with van der Waals surface area (Å²) in [5, 5.41) is 13.5. The van der Waals surface area contributed by atoms with E-state index >= 15 is 0 Å². The molecule has 2 rings (SSSR count). The molecule has 0 saturated carbocycles. The average molecular weight is 386 g/mol. The predicted molar refractivity (Wildman–Crippen MR) is 106 cm³/mol. The monoisotopic (exact) mass is 386 g/mol. The molecule has 1 amide bonds. The van der Waals surface area contributed by atoms with Gasteiger partial charge in [0.25, 0.3) is 5.69 Å². The highest BCUT2D eigenvalue weighted by Crippen LogP contribution is 2.30. The maximum Gasteiger partial charge on any atom is 0.273 e. The molecule has 0 aliphatic carbocycles. The normalized spacial score (nSPS) is 10.5.